The molecule has 0 saturated carbocycles. The molecule has 1 atom stereocenters. The Kier molecular flexibility index (Phi) is 8.81. The Morgan fingerprint density at radius 3 is 2.62 bits per heavy atom. The van der Waals surface area contributed by atoms with E-state index in [-0.39, 0.29) is 29.4 Å². The second-order valence-electron chi connectivity index (χ2n) is 8.25. The van der Waals surface area contributed by atoms with Gasteiger partial charge in [-0.2, -0.15) is 0 Å². The van der Waals surface area contributed by atoms with Crippen LogP contribution in [0, 0.1) is 5.92 Å². The van der Waals surface area contributed by atoms with Crippen molar-refractivity contribution in [3.05, 3.63) is 46.6 Å². The van der Waals surface area contributed by atoms with E-state index in [2.05, 4.69) is 86.5 Å². The molecule has 1 aliphatic heterocycles. The average Bonchev–Trinajstić information content (AvgIpc) is 3.32. The van der Waals surface area contributed by atoms with Crippen molar-refractivity contribution < 1.29 is 4.42 Å². The molecule has 0 bridgehead atoms. The third-order valence-corrected chi connectivity index (χ3v) is 5.49. The largest absolute Gasteiger partial charge is 0.443 e. The maximum Gasteiger partial charge on any atom is 0.213 e. The molecular formula is C21H31BrIN5O. The molecule has 0 radical (unpaired) electrons. The van der Waals surface area contributed by atoms with E-state index in [4.69, 9.17) is 4.42 Å². The van der Waals surface area contributed by atoms with Gasteiger partial charge in [-0.15, -0.1) is 24.0 Å². The van der Waals surface area contributed by atoms with Crippen LogP contribution < -0.4 is 15.5 Å². The van der Waals surface area contributed by atoms with Gasteiger partial charge in [0.2, 0.25) is 5.89 Å². The van der Waals surface area contributed by atoms with Crippen molar-refractivity contribution in [3.8, 4) is 0 Å². The lowest BCUT2D eigenvalue weighted by Crippen LogP contribution is -2.40. The molecule has 2 heterocycles. The van der Waals surface area contributed by atoms with Crippen LogP contribution in [0.15, 0.2) is 44.3 Å². The van der Waals surface area contributed by atoms with Gasteiger partial charge >= 0.3 is 0 Å². The van der Waals surface area contributed by atoms with Crippen molar-refractivity contribution in [2.75, 3.05) is 31.6 Å². The molecule has 29 heavy (non-hydrogen) atoms. The molecule has 3 rings (SSSR count). The zero-order valence-electron chi connectivity index (χ0n) is 17.5. The summed E-state index contributed by atoms with van der Waals surface area (Å²) in [7, 11) is 1.79. The third kappa shape index (κ3) is 6.87. The molecular weight excluding hydrogens is 545 g/mol. The van der Waals surface area contributed by atoms with Crippen molar-refractivity contribution in [1.29, 1.82) is 0 Å². The van der Waals surface area contributed by atoms with E-state index in [1.165, 1.54) is 12.1 Å². The maximum atomic E-state index is 5.83. The summed E-state index contributed by atoms with van der Waals surface area (Å²) >= 11 is 3.50. The highest BCUT2D eigenvalue weighted by atomic mass is 127. The van der Waals surface area contributed by atoms with Gasteiger partial charge in [-0.1, -0.05) is 36.7 Å². The van der Waals surface area contributed by atoms with Gasteiger partial charge in [0.25, 0.3) is 0 Å². The second kappa shape index (κ2) is 10.7. The number of oxazole rings is 1. The number of halogens is 2. The van der Waals surface area contributed by atoms with E-state index in [9.17, 15) is 0 Å². The summed E-state index contributed by atoms with van der Waals surface area (Å²) in [6, 6.07) is 8.53. The standard InChI is InChI=1S/C21H30BrN5O.HI/c1-21(2,3)18-12-24-19(28-18)13-26-20(23-4)25-11-15-9-10-27(14-15)17-7-5-16(22)6-8-17;/h5-8,12,15H,9-11,13-14H2,1-4H3,(H2,23,25,26);1H. The first-order valence-corrected chi connectivity index (χ1v) is 10.5. The molecule has 6 nitrogen and oxygen atoms in total. The Morgan fingerprint density at radius 1 is 1.28 bits per heavy atom. The van der Waals surface area contributed by atoms with Gasteiger partial charge in [0.15, 0.2) is 5.96 Å². The van der Waals surface area contributed by atoms with Crippen molar-refractivity contribution >= 4 is 51.6 Å². The SMILES string of the molecule is CN=C(NCc1ncc(C(C)(C)C)o1)NCC1CCN(c2ccc(Br)cc2)C1.I. The van der Waals surface area contributed by atoms with Gasteiger partial charge < -0.3 is 20.0 Å². The summed E-state index contributed by atoms with van der Waals surface area (Å²) in [5.74, 6) is 2.94. The first-order valence-electron chi connectivity index (χ1n) is 9.75. The Bertz CT molecular complexity index is 800. The summed E-state index contributed by atoms with van der Waals surface area (Å²) in [5, 5.41) is 6.72. The first kappa shape index (κ1) is 24.0. The van der Waals surface area contributed by atoms with Crippen LogP contribution in [0.4, 0.5) is 5.69 Å². The van der Waals surface area contributed by atoms with Crippen molar-refractivity contribution in [2.45, 2.75) is 39.2 Å². The van der Waals surface area contributed by atoms with Gasteiger partial charge in [0, 0.05) is 42.3 Å². The van der Waals surface area contributed by atoms with Gasteiger partial charge in [-0.25, -0.2) is 4.98 Å². The van der Waals surface area contributed by atoms with Crippen LogP contribution in [-0.2, 0) is 12.0 Å². The van der Waals surface area contributed by atoms with Crippen LogP contribution in [0.25, 0.3) is 0 Å². The molecule has 1 unspecified atom stereocenters. The quantitative estimate of drug-likeness (QED) is 0.311. The molecule has 1 aromatic carbocycles. The number of aromatic nitrogens is 1. The molecule has 2 N–H and O–H groups in total. The average molecular weight is 576 g/mol. The highest BCUT2D eigenvalue weighted by Gasteiger charge is 2.23. The number of nitrogens with one attached hydrogen (secondary N) is 2. The predicted octanol–water partition coefficient (Wildman–Crippen LogP) is 4.54. The van der Waals surface area contributed by atoms with Crippen LogP contribution in [0.3, 0.4) is 0 Å². The van der Waals surface area contributed by atoms with Crippen LogP contribution in [0.1, 0.15) is 38.8 Å². The van der Waals surface area contributed by atoms with Gasteiger partial charge in [-0.05, 0) is 36.6 Å². The summed E-state index contributed by atoms with van der Waals surface area (Å²) < 4.78 is 6.94. The van der Waals surface area contributed by atoms with Gasteiger partial charge in [0.05, 0.1) is 12.7 Å². The van der Waals surface area contributed by atoms with Gasteiger partial charge in [0.1, 0.15) is 5.76 Å². The number of aliphatic imine (C=N–C) groups is 1. The molecule has 1 fully saturated rings. The van der Waals surface area contributed by atoms with Crippen LogP contribution >= 0.6 is 39.9 Å². The fourth-order valence-corrected chi connectivity index (χ4v) is 3.51. The predicted molar refractivity (Wildman–Crippen MR) is 133 cm³/mol. The summed E-state index contributed by atoms with van der Waals surface area (Å²) in [6.45, 7) is 9.91. The first-order chi connectivity index (χ1) is 13.3. The van der Waals surface area contributed by atoms with Crippen LogP contribution in [-0.4, -0.2) is 37.6 Å². The normalized spacial score (nSPS) is 17.2. The molecule has 1 aromatic heterocycles. The molecule has 0 spiro atoms. The number of guanidine groups is 1. The Morgan fingerprint density at radius 2 is 2.00 bits per heavy atom. The fourth-order valence-electron chi connectivity index (χ4n) is 3.25. The van der Waals surface area contributed by atoms with E-state index < -0.39 is 0 Å². The molecule has 0 amide bonds. The highest BCUT2D eigenvalue weighted by Crippen LogP contribution is 2.25. The van der Waals surface area contributed by atoms with Crippen LogP contribution in [0.5, 0.6) is 0 Å². The van der Waals surface area contributed by atoms with E-state index >= 15 is 0 Å². The molecule has 1 aliphatic rings. The lowest BCUT2D eigenvalue weighted by atomic mass is 9.94. The van der Waals surface area contributed by atoms with E-state index in [1.54, 1.807) is 7.05 Å². The zero-order chi connectivity index (χ0) is 20.1. The summed E-state index contributed by atoms with van der Waals surface area (Å²) in [5.41, 5.74) is 1.25. The molecule has 2 aromatic rings. The molecule has 160 valence electrons. The minimum absolute atomic E-state index is 0. The second-order valence-corrected chi connectivity index (χ2v) is 9.17. The van der Waals surface area contributed by atoms with Crippen LogP contribution in [0.2, 0.25) is 0 Å². The van der Waals surface area contributed by atoms with Crippen molar-refractivity contribution in [1.82, 2.24) is 15.6 Å². The van der Waals surface area contributed by atoms with E-state index in [0.717, 1.165) is 35.8 Å². The third-order valence-electron chi connectivity index (χ3n) is 4.96. The van der Waals surface area contributed by atoms with Gasteiger partial charge in [-0.3, -0.25) is 4.99 Å². The Balaban J connectivity index is 0.00000300. The zero-order valence-corrected chi connectivity index (χ0v) is 21.5. The monoisotopic (exact) mass is 575 g/mol. The minimum atomic E-state index is -0.0334. The maximum absolute atomic E-state index is 5.83. The Hall–Kier alpha value is -1.29. The fraction of sp³-hybridized carbons (Fsp3) is 0.524. The number of anilines is 1. The number of benzene rings is 1. The number of hydrogen-bond acceptors (Lipinski definition) is 4. The van der Waals surface area contributed by atoms with Crippen molar-refractivity contribution in [3.63, 3.8) is 0 Å². The molecule has 0 aliphatic carbocycles. The van der Waals surface area contributed by atoms with Crippen molar-refractivity contribution in [2.24, 2.45) is 10.9 Å². The summed E-state index contributed by atoms with van der Waals surface area (Å²) in [6.07, 6.45) is 2.98. The lowest BCUT2D eigenvalue weighted by Gasteiger charge is -2.19. The van der Waals surface area contributed by atoms with E-state index in [1.807, 2.05) is 6.20 Å². The molecule has 1 saturated heterocycles. The topological polar surface area (TPSA) is 65.7 Å². The smallest absolute Gasteiger partial charge is 0.213 e. The number of hydrogen-bond donors (Lipinski definition) is 2. The number of nitrogens with zero attached hydrogens (tertiary/aromatic N) is 3. The molecule has 8 heteroatoms. The lowest BCUT2D eigenvalue weighted by molar-refractivity contribution is 0.379. The number of rotatable bonds is 5. The van der Waals surface area contributed by atoms with E-state index in [0.29, 0.717) is 18.4 Å². The minimum Gasteiger partial charge on any atom is -0.443 e. The Labute approximate surface area is 199 Å². The highest BCUT2D eigenvalue weighted by molar-refractivity contribution is 14.0. The summed E-state index contributed by atoms with van der Waals surface area (Å²) in [4.78, 5) is 11.1.